The van der Waals surface area contributed by atoms with E-state index in [-0.39, 0.29) is 0 Å². The lowest BCUT2D eigenvalue weighted by Crippen LogP contribution is -2.20. The maximum Gasteiger partial charge on any atom is 0.134 e. The molecular formula is C15H20N2O. The molecule has 1 aliphatic rings. The summed E-state index contributed by atoms with van der Waals surface area (Å²) >= 11 is 0. The van der Waals surface area contributed by atoms with E-state index in [1.165, 1.54) is 10.9 Å². The Morgan fingerprint density at radius 3 is 3.00 bits per heavy atom. The molecule has 1 fully saturated rings. The third-order valence-electron chi connectivity index (χ3n) is 4.05. The van der Waals surface area contributed by atoms with Crippen LogP contribution in [0.3, 0.4) is 0 Å². The Morgan fingerprint density at radius 2 is 2.28 bits per heavy atom. The van der Waals surface area contributed by atoms with Crippen molar-refractivity contribution in [3.05, 3.63) is 35.6 Å². The number of hydrogen-bond acceptors (Lipinski definition) is 3. The summed E-state index contributed by atoms with van der Waals surface area (Å²) in [4.78, 5) is 2.41. The molecular weight excluding hydrogens is 224 g/mol. The van der Waals surface area contributed by atoms with E-state index < -0.39 is 0 Å². The molecule has 0 aliphatic carbocycles. The average molecular weight is 244 g/mol. The van der Waals surface area contributed by atoms with Gasteiger partial charge >= 0.3 is 0 Å². The zero-order valence-electron chi connectivity index (χ0n) is 11.0. The fourth-order valence-corrected chi connectivity index (χ4v) is 3.14. The Bertz CT molecular complexity index is 561. The van der Waals surface area contributed by atoms with E-state index in [0.29, 0.717) is 12.0 Å². The molecule has 0 bridgehead atoms. The summed E-state index contributed by atoms with van der Waals surface area (Å²) in [6.45, 7) is 3.88. The van der Waals surface area contributed by atoms with Crippen LogP contribution in [-0.4, -0.2) is 25.0 Å². The molecule has 0 amide bonds. The van der Waals surface area contributed by atoms with E-state index in [4.69, 9.17) is 10.2 Å². The third kappa shape index (κ3) is 1.84. The summed E-state index contributed by atoms with van der Waals surface area (Å²) < 4.78 is 5.71. The number of furan rings is 1. The first-order chi connectivity index (χ1) is 8.69. The molecule has 2 unspecified atom stereocenters. The van der Waals surface area contributed by atoms with E-state index in [9.17, 15) is 0 Å². The molecule has 3 nitrogen and oxygen atoms in total. The maximum absolute atomic E-state index is 5.81. The van der Waals surface area contributed by atoms with Crippen molar-refractivity contribution in [1.82, 2.24) is 4.90 Å². The van der Waals surface area contributed by atoms with Gasteiger partial charge < -0.3 is 10.2 Å². The first-order valence-corrected chi connectivity index (χ1v) is 6.58. The van der Waals surface area contributed by atoms with Gasteiger partial charge in [-0.25, -0.2) is 0 Å². The maximum atomic E-state index is 5.81. The SMILES string of the molecule is Cc1cc2c(C3CC(CN)CN3C)cccc2o1. The molecule has 2 atom stereocenters. The van der Waals surface area contributed by atoms with Crippen LogP contribution in [-0.2, 0) is 0 Å². The van der Waals surface area contributed by atoms with Gasteiger partial charge in [-0.3, -0.25) is 4.90 Å². The zero-order valence-corrected chi connectivity index (χ0v) is 11.0. The molecule has 1 aromatic heterocycles. The van der Waals surface area contributed by atoms with Gasteiger partial charge in [0.15, 0.2) is 0 Å². The number of nitrogens with zero attached hydrogens (tertiary/aromatic N) is 1. The predicted octanol–water partition coefficient (Wildman–Crippen LogP) is 2.69. The number of fused-ring (bicyclic) bond motifs is 1. The quantitative estimate of drug-likeness (QED) is 0.883. The Labute approximate surface area is 108 Å². The van der Waals surface area contributed by atoms with Gasteiger partial charge in [0, 0.05) is 18.0 Å². The average Bonchev–Trinajstić information content (AvgIpc) is 2.90. The number of likely N-dealkylation sites (tertiary alicyclic amines) is 1. The first-order valence-electron chi connectivity index (χ1n) is 6.58. The number of hydrogen-bond donors (Lipinski definition) is 1. The minimum atomic E-state index is 0.472. The number of benzene rings is 1. The molecule has 1 saturated heterocycles. The second kappa shape index (κ2) is 4.41. The summed E-state index contributed by atoms with van der Waals surface area (Å²) in [5.74, 6) is 1.59. The lowest BCUT2D eigenvalue weighted by molar-refractivity contribution is 0.315. The Morgan fingerprint density at radius 1 is 1.44 bits per heavy atom. The summed E-state index contributed by atoms with van der Waals surface area (Å²) in [5, 5.41) is 1.25. The van der Waals surface area contributed by atoms with E-state index in [1.807, 2.05) is 13.0 Å². The van der Waals surface area contributed by atoms with Gasteiger partial charge in [-0.15, -0.1) is 0 Å². The Kier molecular flexibility index (Phi) is 2.88. The smallest absolute Gasteiger partial charge is 0.134 e. The van der Waals surface area contributed by atoms with Crippen molar-refractivity contribution in [3.8, 4) is 0 Å². The predicted molar refractivity (Wildman–Crippen MR) is 73.5 cm³/mol. The van der Waals surface area contributed by atoms with Crippen LogP contribution in [0.4, 0.5) is 0 Å². The van der Waals surface area contributed by atoms with Gasteiger partial charge in [0.25, 0.3) is 0 Å². The lowest BCUT2D eigenvalue weighted by atomic mass is 9.97. The highest BCUT2D eigenvalue weighted by molar-refractivity contribution is 5.82. The minimum absolute atomic E-state index is 0.472. The molecule has 2 aromatic rings. The molecule has 1 aliphatic heterocycles. The second-order valence-corrected chi connectivity index (χ2v) is 5.41. The normalized spacial score (nSPS) is 25.1. The van der Waals surface area contributed by atoms with Crippen LogP contribution >= 0.6 is 0 Å². The Balaban J connectivity index is 2.04. The molecule has 3 rings (SSSR count). The third-order valence-corrected chi connectivity index (χ3v) is 4.05. The van der Waals surface area contributed by atoms with Crippen LogP contribution in [0.2, 0.25) is 0 Å². The van der Waals surface area contributed by atoms with Crippen molar-refractivity contribution >= 4 is 11.0 Å². The van der Waals surface area contributed by atoms with Gasteiger partial charge in [0.2, 0.25) is 0 Å². The minimum Gasteiger partial charge on any atom is -0.461 e. The van der Waals surface area contributed by atoms with E-state index in [0.717, 1.165) is 30.9 Å². The van der Waals surface area contributed by atoms with Gasteiger partial charge in [0.05, 0.1) is 0 Å². The molecule has 96 valence electrons. The van der Waals surface area contributed by atoms with Crippen LogP contribution in [0.1, 0.15) is 23.8 Å². The van der Waals surface area contributed by atoms with Crippen molar-refractivity contribution in [2.45, 2.75) is 19.4 Å². The number of rotatable bonds is 2. The molecule has 2 N–H and O–H groups in total. The standard InChI is InChI=1S/C15H20N2O/c1-10-6-13-12(4-3-5-15(13)18-10)14-7-11(8-16)9-17(14)2/h3-6,11,14H,7-9,16H2,1-2H3. The highest BCUT2D eigenvalue weighted by Crippen LogP contribution is 2.37. The van der Waals surface area contributed by atoms with Crippen molar-refractivity contribution in [3.63, 3.8) is 0 Å². The molecule has 3 heteroatoms. The highest BCUT2D eigenvalue weighted by atomic mass is 16.3. The molecule has 1 aromatic carbocycles. The topological polar surface area (TPSA) is 42.4 Å². The molecule has 18 heavy (non-hydrogen) atoms. The van der Waals surface area contributed by atoms with Gasteiger partial charge in [0.1, 0.15) is 11.3 Å². The van der Waals surface area contributed by atoms with Crippen LogP contribution in [0.5, 0.6) is 0 Å². The van der Waals surface area contributed by atoms with E-state index in [1.54, 1.807) is 0 Å². The van der Waals surface area contributed by atoms with Crippen LogP contribution in [0.25, 0.3) is 11.0 Å². The summed E-state index contributed by atoms with van der Waals surface area (Å²) in [6.07, 6.45) is 1.15. The molecule has 2 heterocycles. The van der Waals surface area contributed by atoms with Gasteiger partial charge in [-0.2, -0.15) is 0 Å². The lowest BCUT2D eigenvalue weighted by Gasteiger charge is -2.20. The zero-order chi connectivity index (χ0) is 12.7. The van der Waals surface area contributed by atoms with Crippen molar-refractivity contribution in [2.24, 2.45) is 11.7 Å². The highest BCUT2D eigenvalue weighted by Gasteiger charge is 2.30. The fraction of sp³-hybridized carbons (Fsp3) is 0.467. The Hall–Kier alpha value is -1.32. The van der Waals surface area contributed by atoms with Crippen molar-refractivity contribution in [2.75, 3.05) is 20.1 Å². The monoisotopic (exact) mass is 244 g/mol. The molecule has 0 saturated carbocycles. The second-order valence-electron chi connectivity index (χ2n) is 5.41. The fourth-order valence-electron chi connectivity index (χ4n) is 3.14. The first kappa shape index (κ1) is 11.8. The number of nitrogens with two attached hydrogens (primary N) is 1. The van der Waals surface area contributed by atoms with E-state index >= 15 is 0 Å². The van der Waals surface area contributed by atoms with Crippen LogP contribution in [0, 0.1) is 12.8 Å². The van der Waals surface area contributed by atoms with Crippen molar-refractivity contribution < 1.29 is 4.42 Å². The summed E-state index contributed by atoms with van der Waals surface area (Å²) in [6, 6.07) is 8.97. The molecule has 0 radical (unpaired) electrons. The van der Waals surface area contributed by atoms with Crippen LogP contribution in [0.15, 0.2) is 28.7 Å². The van der Waals surface area contributed by atoms with Crippen molar-refractivity contribution in [1.29, 1.82) is 0 Å². The van der Waals surface area contributed by atoms with Crippen LogP contribution < -0.4 is 5.73 Å². The molecule has 0 spiro atoms. The van der Waals surface area contributed by atoms with E-state index in [2.05, 4.69) is 30.1 Å². The number of aryl methyl sites for hydroxylation is 1. The largest absolute Gasteiger partial charge is 0.461 e. The summed E-state index contributed by atoms with van der Waals surface area (Å²) in [7, 11) is 2.19. The van der Waals surface area contributed by atoms with Gasteiger partial charge in [-0.05, 0) is 50.6 Å². The summed E-state index contributed by atoms with van der Waals surface area (Å²) in [5.41, 5.74) is 8.18. The van der Waals surface area contributed by atoms with Gasteiger partial charge in [-0.1, -0.05) is 12.1 Å².